The number of aliphatic hydroxyl groups is 1. The van der Waals surface area contributed by atoms with Crippen molar-refractivity contribution < 1.29 is 19.4 Å². The van der Waals surface area contributed by atoms with Crippen LogP contribution < -0.4 is 10.1 Å². The van der Waals surface area contributed by atoms with E-state index in [1.165, 1.54) is 0 Å². The standard InChI is InChI=1S/C18H24N2O4/c1-2-16(21)20-10-6-5-8-14(20)18(23)19-13-11-24-15-9-4-3-7-12(15)17(13)22/h3-4,7,9,13-14,17,22H,2,5-6,8,10-11H2,1H3,(H,19,23). The van der Waals surface area contributed by atoms with E-state index < -0.39 is 18.2 Å². The van der Waals surface area contributed by atoms with Crippen molar-refractivity contribution in [2.24, 2.45) is 0 Å². The molecule has 0 bridgehead atoms. The number of carbonyl (C=O) groups is 2. The van der Waals surface area contributed by atoms with E-state index in [9.17, 15) is 14.7 Å². The van der Waals surface area contributed by atoms with Crippen molar-refractivity contribution in [1.29, 1.82) is 0 Å². The van der Waals surface area contributed by atoms with Gasteiger partial charge in [-0.15, -0.1) is 0 Å². The number of benzene rings is 1. The first-order valence-electron chi connectivity index (χ1n) is 8.61. The third kappa shape index (κ3) is 3.24. The Balaban J connectivity index is 1.69. The van der Waals surface area contributed by atoms with E-state index in [1.807, 2.05) is 19.1 Å². The Morgan fingerprint density at radius 2 is 2.12 bits per heavy atom. The lowest BCUT2D eigenvalue weighted by molar-refractivity contribution is -0.143. The van der Waals surface area contributed by atoms with Gasteiger partial charge >= 0.3 is 0 Å². The molecule has 1 aromatic carbocycles. The third-order valence-corrected chi connectivity index (χ3v) is 4.79. The molecular formula is C18H24N2O4. The van der Waals surface area contributed by atoms with Crippen LogP contribution in [0.2, 0.25) is 0 Å². The lowest BCUT2D eigenvalue weighted by atomic mass is 9.97. The van der Waals surface area contributed by atoms with Crippen LogP contribution in [0.5, 0.6) is 5.75 Å². The maximum atomic E-state index is 12.7. The SMILES string of the molecule is CCC(=O)N1CCCCC1C(=O)NC1COc2ccccc2C1O. The van der Waals surface area contributed by atoms with Crippen molar-refractivity contribution in [3.63, 3.8) is 0 Å². The van der Waals surface area contributed by atoms with E-state index in [-0.39, 0.29) is 18.4 Å². The van der Waals surface area contributed by atoms with E-state index in [0.717, 1.165) is 12.8 Å². The van der Waals surface area contributed by atoms with Crippen LogP contribution >= 0.6 is 0 Å². The van der Waals surface area contributed by atoms with Gasteiger partial charge in [0.2, 0.25) is 11.8 Å². The highest BCUT2D eigenvalue weighted by Crippen LogP contribution is 2.32. The summed E-state index contributed by atoms with van der Waals surface area (Å²) in [7, 11) is 0. The van der Waals surface area contributed by atoms with E-state index in [4.69, 9.17) is 4.74 Å². The van der Waals surface area contributed by atoms with Crippen molar-refractivity contribution in [2.75, 3.05) is 13.2 Å². The highest BCUT2D eigenvalue weighted by atomic mass is 16.5. The molecule has 0 radical (unpaired) electrons. The van der Waals surface area contributed by atoms with Crippen molar-refractivity contribution in [3.8, 4) is 5.75 Å². The van der Waals surface area contributed by atoms with Crippen LogP contribution in [0.3, 0.4) is 0 Å². The summed E-state index contributed by atoms with van der Waals surface area (Å²) in [6.45, 7) is 2.65. The summed E-state index contributed by atoms with van der Waals surface area (Å²) in [5, 5.41) is 13.4. The molecule has 2 aliphatic rings. The van der Waals surface area contributed by atoms with Gasteiger partial charge in [-0.3, -0.25) is 9.59 Å². The van der Waals surface area contributed by atoms with Gasteiger partial charge in [0.1, 0.15) is 24.5 Å². The minimum atomic E-state index is -0.808. The molecule has 3 atom stereocenters. The van der Waals surface area contributed by atoms with Crippen LogP contribution in [0.4, 0.5) is 0 Å². The molecule has 6 nitrogen and oxygen atoms in total. The van der Waals surface area contributed by atoms with Gasteiger partial charge in [-0.05, 0) is 25.3 Å². The molecule has 0 aliphatic carbocycles. The Morgan fingerprint density at radius 3 is 2.92 bits per heavy atom. The zero-order valence-electron chi connectivity index (χ0n) is 13.9. The fourth-order valence-corrected chi connectivity index (χ4v) is 3.45. The third-order valence-electron chi connectivity index (χ3n) is 4.79. The zero-order chi connectivity index (χ0) is 17.1. The summed E-state index contributed by atoms with van der Waals surface area (Å²) in [4.78, 5) is 26.4. The lowest BCUT2D eigenvalue weighted by Crippen LogP contribution is -2.56. The van der Waals surface area contributed by atoms with Crippen molar-refractivity contribution in [1.82, 2.24) is 10.2 Å². The monoisotopic (exact) mass is 332 g/mol. The molecule has 2 amide bonds. The Bertz CT molecular complexity index is 619. The van der Waals surface area contributed by atoms with Gasteiger partial charge in [-0.2, -0.15) is 0 Å². The Morgan fingerprint density at radius 1 is 1.33 bits per heavy atom. The summed E-state index contributed by atoms with van der Waals surface area (Å²) in [5.41, 5.74) is 0.680. The number of carbonyl (C=O) groups excluding carboxylic acids is 2. The number of ether oxygens (including phenoxy) is 1. The first-order chi connectivity index (χ1) is 11.6. The first kappa shape index (κ1) is 16.8. The molecule has 6 heteroatoms. The second-order valence-corrected chi connectivity index (χ2v) is 6.36. The normalized spacial score (nSPS) is 26.2. The molecule has 1 aromatic rings. The first-order valence-corrected chi connectivity index (χ1v) is 8.61. The van der Waals surface area contributed by atoms with E-state index in [0.29, 0.717) is 30.7 Å². The summed E-state index contributed by atoms with van der Waals surface area (Å²) in [6.07, 6.45) is 2.11. The quantitative estimate of drug-likeness (QED) is 0.877. The predicted octanol–water partition coefficient (Wildman–Crippen LogP) is 1.39. The summed E-state index contributed by atoms with van der Waals surface area (Å²) in [5.74, 6) is 0.445. The second-order valence-electron chi connectivity index (χ2n) is 6.36. The average molecular weight is 332 g/mol. The molecular weight excluding hydrogens is 308 g/mol. The highest BCUT2D eigenvalue weighted by Gasteiger charge is 2.35. The molecule has 3 unspecified atom stereocenters. The number of likely N-dealkylation sites (tertiary alicyclic amines) is 1. The zero-order valence-corrected chi connectivity index (χ0v) is 13.9. The van der Waals surface area contributed by atoms with E-state index in [2.05, 4.69) is 5.32 Å². The van der Waals surface area contributed by atoms with Gasteiger partial charge in [0.25, 0.3) is 0 Å². The molecule has 24 heavy (non-hydrogen) atoms. The van der Waals surface area contributed by atoms with Crippen molar-refractivity contribution in [3.05, 3.63) is 29.8 Å². The molecule has 0 aromatic heterocycles. The number of nitrogens with one attached hydrogen (secondary N) is 1. The largest absolute Gasteiger partial charge is 0.491 e. The van der Waals surface area contributed by atoms with Gasteiger partial charge in [-0.1, -0.05) is 25.1 Å². The number of hydrogen-bond acceptors (Lipinski definition) is 4. The Hall–Kier alpha value is -2.08. The fraction of sp³-hybridized carbons (Fsp3) is 0.556. The summed E-state index contributed by atoms with van der Waals surface area (Å²) in [6, 6.07) is 6.33. The van der Waals surface area contributed by atoms with Gasteiger partial charge in [0.05, 0.1) is 6.04 Å². The Labute approximate surface area is 141 Å². The number of fused-ring (bicyclic) bond motifs is 1. The summed E-state index contributed by atoms with van der Waals surface area (Å²) < 4.78 is 5.63. The molecule has 0 saturated carbocycles. The van der Waals surface area contributed by atoms with Crippen LogP contribution in [-0.2, 0) is 9.59 Å². The fourth-order valence-electron chi connectivity index (χ4n) is 3.45. The minimum absolute atomic E-state index is 0.000591. The maximum Gasteiger partial charge on any atom is 0.243 e. The highest BCUT2D eigenvalue weighted by molar-refractivity contribution is 5.88. The molecule has 1 saturated heterocycles. The summed E-state index contributed by atoms with van der Waals surface area (Å²) >= 11 is 0. The van der Waals surface area contributed by atoms with Crippen LogP contribution in [-0.4, -0.2) is 47.1 Å². The van der Waals surface area contributed by atoms with Gasteiger partial charge < -0.3 is 20.1 Å². The van der Waals surface area contributed by atoms with Gasteiger partial charge in [0.15, 0.2) is 0 Å². The van der Waals surface area contributed by atoms with E-state index >= 15 is 0 Å². The predicted molar refractivity (Wildman–Crippen MR) is 88.5 cm³/mol. The van der Waals surface area contributed by atoms with Crippen LogP contribution in [0.1, 0.15) is 44.3 Å². The second kappa shape index (κ2) is 7.21. The van der Waals surface area contributed by atoms with Gasteiger partial charge in [-0.25, -0.2) is 0 Å². The number of aliphatic hydroxyl groups excluding tert-OH is 1. The van der Waals surface area contributed by atoms with Gasteiger partial charge in [0, 0.05) is 18.5 Å². The molecule has 0 spiro atoms. The molecule has 2 aliphatic heterocycles. The number of rotatable bonds is 3. The number of nitrogens with zero attached hydrogens (tertiary/aromatic N) is 1. The van der Waals surface area contributed by atoms with Crippen LogP contribution in [0, 0.1) is 0 Å². The smallest absolute Gasteiger partial charge is 0.243 e. The van der Waals surface area contributed by atoms with Crippen LogP contribution in [0.25, 0.3) is 0 Å². The lowest BCUT2D eigenvalue weighted by Gasteiger charge is -2.37. The molecule has 2 heterocycles. The number of piperidine rings is 1. The van der Waals surface area contributed by atoms with Crippen molar-refractivity contribution >= 4 is 11.8 Å². The molecule has 2 N–H and O–H groups in total. The van der Waals surface area contributed by atoms with Crippen molar-refractivity contribution in [2.45, 2.75) is 50.8 Å². The average Bonchev–Trinajstić information content (AvgIpc) is 2.63. The maximum absolute atomic E-state index is 12.7. The molecule has 1 fully saturated rings. The number of hydrogen-bond donors (Lipinski definition) is 2. The topological polar surface area (TPSA) is 78.9 Å². The van der Waals surface area contributed by atoms with Crippen LogP contribution in [0.15, 0.2) is 24.3 Å². The Kier molecular flexibility index (Phi) is 5.04. The van der Waals surface area contributed by atoms with E-state index in [1.54, 1.807) is 17.0 Å². The number of amides is 2. The minimum Gasteiger partial charge on any atom is -0.491 e. The molecule has 130 valence electrons. The number of para-hydroxylation sites is 1. The molecule has 3 rings (SSSR count).